The van der Waals surface area contributed by atoms with E-state index in [-0.39, 0.29) is 35.2 Å². The molecule has 0 saturated carbocycles. The van der Waals surface area contributed by atoms with Crippen LogP contribution in [0.4, 0.5) is 0 Å². The average molecular weight is 396 g/mol. The highest BCUT2D eigenvalue weighted by Gasteiger charge is 2.42. The lowest BCUT2D eigenvalue weighted by Crippen LogP contribution is -2.97. The van der Waals surface area contributed by atoms with Crippen molar-refractivity contribution in [3.63, 3.8) is 0 Å². The van der Waals surface area contributed by atoms with Gasteiger partial charge >= 0.3 is 0 Å². The Hall–Kier alpha value is -1.97. The van der Waals surface area contributed by atoms with Crippen molar-refractivity contribution in [2.24, 2.45) is 0 Å². The number of nitrogens with zero attached hydrogens (tertiary/aromatic N) is 2. The summed E-state index contributed by atoms with van der Waals surface area (Å²) in [6.45, 7) is 3.00. The molecule has 8 nitrogen and oxygen atoms in total. The van der Waals surface area contributed by atoms with E-state index in [2.05, 4.69) is 0 Å². The van der Waals surface area contributed by atoms with Crippen LogP contribution in [0.1, 0.15) is 26.2 Å². The molecule has 0 spiro atoms. The van der Waals surface area contributed by atoms with E-state index in [1.165, 1.54) is 16.3 Å². The molecule has 0 aromatic heterocycles. The third-order valence-electron chi connectivity index (χ3n) is 5.30. The Morgan fingerprint density at radius 3 is 2.30 bits per heavy atom. The van der Waals surface area contributed by atoms with Gasteiger partial charge in [0.25, 0.3) is 5.91 Å². The van der Waals surface area contributed by atoms with Gasteiger partial charge in [0, 0.05) is 32.5 Å². The van der Waals surface area contributed by atoms with Crippen LogP contribution in [0.15, 0.2) is 29.2 Å². The van der Waals surface area contributed by atoms with Crippen molar-refractivity contribution >= 4 is 21.8 Å². The van der Waals surface area contributed by atoms with E-state index in [0.717, 1.165) is 0 Å². The highest BCUT2D eigenvalue weighted by Crippen LogP contribution is 2.22. The number of carbonyl (C=O) groups excluding carboxylic acids is 2. The van der Waals surface area contributed by atoms with Crippen LogP contribution in [0.5, 0.6) is 5.75 Å². The number of hydrogen-bond acceptors (Lipinski definition) is 5. The van der Waals surface area contributed by atoms with Gasteiger partial charge in [0.2, 0.25) is 15.9 Å². The second kappa shape index (κ2) is 7.95. The van der Waals surface area contributed by atoms with Crippen molar-refractivity contribution in [3.8, 4) is 5.75 Å². The van der Waals surface area contributed by atoms with E-state index >= 15 is 0 Å². The van der Waals surface area contributed by atoms with Crippen LogP contribution in [-0.2, 0) is 19.6 Å². The van der Waals surface area contributed by atoms with Crippen molar-refractivity contribution in [2.75, 3.05) is 26.7 Å². The van der Waals surface area contributed by atoms with Gasteiger partial charge in [0.05, 0.1) is 24.5 Å². The van der Waals surface area contributed by atoms with Crippen LogP contribution in [-0.4, -0.2) is 68.3 Å². The molecule has 0 radical (unpaired) electrons. The molecular formula is C18H26N3O5S+. The molecule has 9 heteroatoms. The zero-order valence-corrected chi connectivity index (χ0v) is 16.4. The van der Waals surface area contributed by atoms with Gasteiger partial charge in [-0.3, -0.25) is 14.5 Å². The molecule has 2 aliphatic heterocycles. The first-order chi connectivity index (χ1) is 12.9. The Kier molecular flexibility index (Phi) is 5.83. The first kappa shape index (κ1) is 19.8. The molecule has 2 fully saturated rings. The predicted octanol–water partition coefficient (Wildman–Crippen LogP) is -0.441. The standard InChI is InChI=1S/C18H25N3O5S/c1-3-21-17(22)12-16(18(21)23)19-13-8-10-20(11-9-13)27(24,25)15-6-4-14(26-2)5-7-15/h4-7,13,16,19H,3,8-12H2,1-2H3/p+1/t16-/m0/s1. The summed E-state index contributed by atoms with van der Waals surface area (Å²) < 4.78 is 32.1. The number of ether oxygens (including phenoxy) is 1. The van der Waals surface area contributed by atoms with Crippen LogP contribution < -0.4 is 10.1 Å². The fraction of sp³-hybridized carbons (Fsp3) is 0.556. The SMILES string of the molecule is CCN1C(=O)C[C@H]([NH2+]C2CCN(S(=O)(=O)c3ccc(OC)cc3)CC2)C1=O. The van der Waals surface area contributed by atoms with Crippen LogP contribution in [0.3, 0.4) is 0 Å². The number of carbonyl (C=O) groups is 2. The second-order valence-corrected chi connectivity index (χ2v) is 8.83. The van der Waals surface area contributed by atoms with Crippen LogP contribution >= 0.6 is 0 Å². The lowest BCUT2D eigenvalue weighted by Gasteiger charge is -2.30. The zero-order chi connectivity index (χ0) is 19.6. The number of quaternary nitrogens is 1. The predicted molar refractivity (Wildman–Crippen MR) is 97.5 cm³/mol. The molecule has 3 rings (SSSR count). The lowest BCUT2D eigenvalue weighted by atomic mass is 10.1. The van der Waals surface area contributed by atoms with Gasteiger partial charge in [0.1, 0.15) is 5.75 Å². The van der Waals surface area contributed by atoms with Gasteiger partial charge in [-0.05, 0) is 31.2 Å². The largest absolute Gasteiger partial charge is 0.497 e. The number of nitrogens with two attached hydrogens (primary N) is 1. The van der Waals surface area contributed by atoms with Gasteiger partial charge < -0.3 is 10.1 Å². The summed E-state index contributed by atoms with van der Waals surface area (Å²) in [6.07, 6.45) is 1.54. The third-order valence-corrected chi connectivity index (χ3v) is 7.21. The van der Waals surface area contributed by atoms with E-state index in [1.54, 1.807) is 31.2 Å². The number of methoxy groups -OCH3 is 1. The van der Waals surface area contributed by atoms with E-state index in [9.17, 15) is 18.0 Å². The maximum absolute atomic E-state index is 12.8. The normalized spacial score (nSPS) is 22.4. The number of sulfonamides is 1. The molecule has 2 saturated heterocycles. The molecule has 0 aliphatic carbocycles. The van der Waals surface area contributed by atoms with Gasteiger partial charge in [-0.15, -0.1) is 0 Å². The number of hydrogen-bond donors (Lipinski definition) is 1. The number of rotatable bonds is 6. The maximum Gasteiger partial charge on any atom is 0.287 e. The fourth-order valence-electron chi connectivity index (χ4n) is 3.73. The number of imide groups is 1. The lowest BCUT2D eigenvalue weighted by molar-refractivity contribution is -0.710. The van der Waals surface area contributed by atoms with Crippen LogP contribution in [0, 0.1) is 0 Å². The Labute approximate surface area is 159 Å². The van der Waals surface area contributed by atoms with Crippen LogP contribution in [0.25, 0.3) is 0 Å². The Bertz CT molecular complexity index is 801. The molecule has 0 bridgehead atoms. The number of benzene rings is 1. The first-order valence-corrected chi connectivity index (χ1v) is 10.6. The molecule has 2 amide bonds. The van der Waals surface area contributed by atoms with E-state index in [4.69, 9.17) is 4.74 Å². The summed E-state index contributed by atoms with van der Waals surface area (Å²) in [7, 11) is -2.00. The van der Waals surface area contributed by atoms with Crippen molar-refractivity contribution in [2.45, 2.75) is 43.2 Å². The number of piperidine rings is 1. The quantitative estimate of drug-likeness (QED) is 0.657. The van der Waals surface area contributed by atoms with Gasteiger partial charge in [-0.2, -0.15) is 4.31 Å². The van der Waals surface area contributed by atoms with E-state index in [0.29, 0.717) is 38.2 Å². The van der Waals surface area contributed by atoms with Crippen molar-refractivity contribution < 1.29 is 28.1 Å². The summed E-state index contributed by atoms with van der Waals surface area (Å²) in [5.41, 5.74) is 0. The summed E-state index contributed by atoms with van der Waals surface area (Å²) in [5, 5.41) is 1.95. The van der Waals surface area contributed by atoms with Crippen molar-refractivity contribution in [1.29, 1.82) is 0 Å². The molecule has 148 valence electrons. The van der Waals surface area contributed by atoms with Gasteiger partial charge in [-0.25, -0.2) is 8.42 Å². The second-order valence-electron chi connectivity index (χ2n) is 6.90. The molecule has 1 atom stereocenters. The topological polar surface area (TPSA) is 101 Å². The minimum Gasteiger partial charge on any atom is -0.497 e. The highest BCUT2D eigenvalue weighted by molar-refractivity contribution is 7.89. The molecule has 1 aromatic carbocycles. The van der Waals surface area contributed by atoms with Gasteiger partial charge in [-0.1, -0.05) is 0 Å². The summed E-state index contributed by atoms with van der Waals surface area (Å²) in [5.74, 6) is 0.359. The maximum atomic E-state index is 12.8. The third kappa shape index (κ3) is 3.99. The molecule has 1 aromatic rings. The number of likely N-dealkylation sites (N-methyl/N-ethyl adjacent to an activating group) is 1. The van der Waals surface area contributed by atoms with Crippen molar-refractivity contribution in [3.05, 3.63) is 24.3 Å². The molecule has 2 N–H and O–H groups in total. The number of amides is 2. The van der Waals surface area contributed by atoms with Crippen molar-refractivity contribution in [1.82, 2.24) is 9.21 Å². The first-order valence-electron chi connectivity index (χ1n) is 9.20. The Morgan fingerprint density at radius 1 is 1.15 bits per heavy atom. The molecular weight excluding hydrogens is 370 g/mol. The molecule has 27 heavy (non-hydrogen) atoms. The minimum absolute atomic E-state index is 0.122. The Morgan fingerprint density at radius 2 is 1.78 bits per heavy atom. The zero-order valence-electron chi connectivity index (χ0n) is 15.6. The van der Waals surface area contributed by atoms with Gasteiger partial charge in [0.15, 0.2) is 6.04 Å². The minimum atomic E-state index is -3.54. The summed E-state index contributed by atoms with van der Waals surface area (Å²) >= 11 is 0. The fourth-order valence-corrected chi connectivity index (χ4v) is 5.19. The smallest absolute Gasteiger partial charge is 0.287 e. The van der Waals surface area contributed by atoms with E-state index < -0.39 is 10.0 Å². The molecule has 2 heterocycles. The Balaban J connectivity index is 1.58. The van der Waals surface area contributed by atoms with Crippen LogP contribution in [0.2, 0.25) is 0 Å². The average Bonchev–Trinajstić information content (AvgIpc) is 2.94. The monoisotopic (exact) mass is 396 g/mol. The number of likely N-dealkylation sites (tertiary alicyclic amines) is 1. The molecule has 2 aliphatic rings. The van der Waals surface area contributed by atoms with E-state index in [1.807, 2.05) is 5.32 Å². The summed E-state index contributed by atoms with van der Waals surface area (Å²) in [6, 6.07) is 6.15. The molecule has 0 unspecified atom stereocenters. The highest BCUT2D eigenvalue weighted by atomic mass is 32.2. The summed E-state index contributed by atoms with van der Waals surface area (Å²) in [4.78, 5) is 25.6.